The van der Waals surface area contributed by atoms with E-state index in [2.05, 4.69) is 20.6 Å². The van der Waals surface area contributed by atoms with E-state index in [0.717, 1.165) is 22.8 Å². The largest absolute Gasteiger partial charge is 0.496 e. The van der Waals surface area contributed by atoms with E-state index in [1.54, 1.807) is 34.6 Å². The minimum absolute atomic E-state index is 0. The van der Waals surface area contributed by atoms with Gasteiger partial charge in [0.25, 0.3) is 0 Å². The van der Waals surface area contributed by atoms with Crippen LogP contribution in [0.2, 0.25) is 0 Å². The van der Waals surface area contributed by atoms with Crippen molar-refractivity contribution in [2.45, 2.75) is 13.0 Å². The van der Waals surface area contributed by atoms with Gasteiger partial charge in [0, 0.05) is 37.5 Å². The van der Waals surface area contributed by atoms with E-state index in [4.69, 9.17) is 14.2 Å². The molecule has 1 aromatic carbocycles. The van der Waals surface area contributed by atoms with Gasteiger partial charge in [-0.2, -0.15) is 0 Å². The van der Waals surface area contributed by atoms with E-state index in [-0.39, 0.29) is 24.0 Å². The van der Waals surface area contributed by atoms with Gasteiger partial charge in [0.05, 0.1) is 33.6 Å². The smallest absolute Gasteiger partial charge is 0.191 e. The van der Waals surface area contributed by atoms with Crippen molar-refractivity contribution in [2.24, 2.45) is 4.99 Å². The molecule has 0 radical (unpaired) electrons. The number of rotatable bonds is 8. The van der Waals surface area contributed by atoms with Crippen LogP contribution in [0, 0.1) is 0 Å². The maximum absolute atomic E-state index is 5.48. The first-order valence-electron chi connectivity index (χ1n) is 8.35. The van der Waals surface area contributed by atoms with E-state index in [1.165, 1.54) is 0 Å². The molecule has 0 aliphatic rings. The normalized spacial score (nSPS) is 10.6. The summed E-state index contributed by atoms with van der Waals surface area (Å²) in [6, 6.07) is 9.53. The Morgan fingerprint density at radius 2 is 1.74 bits per heavy atom. The minimum Gasteiger partial charge on any atom is -0.496 e. The molecule has 0 spiro atoms. The van der Waals surface area contributed by atoms with Crippen molar-refractivity contribution < 1.29 is 14.2 Å². The number of nitrogens with one attached hydrogen (secondary N) is 2. The number of aliphatic imine (C=N–C) groups is 1. The van der Waals surface area contributed by atoms with Crippen molar-refractivity contribution in [3.05, 3.63) is 47.8 Å². The molecule has 1 aromatic heterocycles. The van der Waals surface area contributed by atoms with E-state index < -0.39 is 0 Å². The van der Waals surface area contributed by atoms with Crippen LogP contribution in [0.25, 0.3) is 0 Å². The van der Waals surface area contributed by atoms with Crippen molar-refractivity contribution in [2.75, 3.05) is 34.9 Å². The number of guanidine groups is 1. The Morgan fingerprint density at radius 3 is 2.26 bits per heavy atom. The molecule has 2 N–H and O–H groups in total. The van der Waals surface area contributed by atoms with Crippen molar-refractivity contribution in [1.29, 1.82) is 0 Å². The highest BCUT2D eigenvalue weighted by atomic mass is 127. The molecule has 0 aliphatic heterocycles. The second kappa shape index (κ2) is 12.2. The third kappa shape index (κ3) is 6.78. The van der Waals surface area contributed by atoms with E-state index >= 15 is 0 Å². The zero-order valence-corrected chi connectivity index (χ0v) is 18.4. The van der Waals surface area contributed by atoms with Gasteiger partial charge in [0.1, 0.15) is 17.2 Å². The van der Waals surface area contributed by atoms with E-state index in [9.17, 15) is 0 Å². The molecule has 27 heavy (non-hydrogen) atoms. The lowest BCUT2D eigenvalue weighted by molar-refractivity contribution is 0.368. The molecule has 0 unspecified atom stereocenters. The Hall–Kier alpha value is -2.23. The standard InChI is InChI=1S/C19H26N4O3.HI/c1-20-19(23-13-14-7-5-6-9-21-14)22-10-8-16-17(25-3)11-15(24-2)12-18(16)26-4;/h5-7,9,11-12H,8,10,13H2,1-4H3,(H2,20,22,23);1H. The number of hydrogen-bond donors (Lipinski definition) is 2. The first-order chi connectivity index (χ1) is 12.7. The molecule has 1 heterocycles. The highest BCUT2D eigenvalue weighted by Gasteiger charge is 2.13. The molecule has 0 saturated heterocycles. The van der Waals surface area contributed by atoms with Crippen molar-refractivity contribution >= 4 is 29.9 Å². The van der Waals surface area contributed by atoms with Crippen LogP contribution in [0.5, 0.6) is 17.2 Å². The van der Waals surface area contributed by atoms with Gasteiger partial charge >= 0.3 is 0 Å². The Labute approximate surface area is 177 Å². The SMILES string of the molecule is CN=C(NCCc1c(OC)cc(OC)cc1OC)NCc1ccccn1.I. The van der Waals surface area contributed by atoms with Gasteiger partial charge in [-0.15, -0.1) is 24.0 Å². The molecule has 2 rings (SSSR count). The number of methoxy groups -OCH3 is 3. The third-order valence-corrected chi connectivity index (χ3v) is 3.87. The van der Waals surface area contributed by atoms with Gasteiger partial charge in [-0.1, -0.05) is 6.07 Å². The minimum atomic E-state index is 0. The van der Waals surface area contributed by atoms with Crippen LogP contribution in [-0.4, -0.2) is 45.9 Å². The van der Waals surface area contributed by atoms with Crippen LogP contribution in [0.1, 0.15) is 11.3 Å². The summed E-state index contributed by atoms with van der Waals surface area (Å²) in [5, 5.41) is 6.53. The molecule has 0 atom stereocenters. The van der Waals surface area contributed by atoms with Gasteiger partial charge < -0.3 is 24.8 Å². The van der Waals surface area contributed by atoms with Gasteiger partial charge in [-0.3, -0.25) is 9.98 Å². The maximum atomic E-state index is 5.48. The van der Waals surface area contributed by atoms with Gasteiger partial charge in [0.15, 0.2) is 5.96 Å². The van der Waals surface area contributed by atoms with E-state index in [0.29, 0.717) is 31.2 Å². The Balaban J connectivity index is 0.00000364. The lowest BCUT2D eigenvalue weighted by Gasteiger charge is -2.16. The number of benzene rings is 1. The van der Waals surface area contributed by atoms with Crippen molar-refractivity contribution in [3.63, 3.8) is 0 Å². The van der Waals surface area contributed by atoms with Crippen LogP contribution >= 0.6 is 24.0 Å². The highest BCUT2D eigenvalue weighted by molar-refractivity contribution is 14.0. The molecule has 0 aliphatic carbocycles. The van der Waals surface area contributed by atoms with Crippen LogP contribution in [-0.2, 0) is 13.0 Å². The zero-order valence-electron chi connectivity index (χ0n) is 16.1. The molecular formula is C19H27IN4O3. The summed E-state index contributed by atoms with van der Waals surface area (Å²) in [7, 11) is 6.63. The average Bonchev–Trinajstić information content (AvgIpc) is 2.70. The molecule has 7 nitrogen and oxygen atoms in total. The quantitative estimate of drug-likeness (QED) is 0.340. The zero-order chi connectivity index (χ0) is 18.8. The topological polar surface area (TPSA) is 77.0 Å². The Kier molecular flexibility index (Phi) is 10.3. The van der Waals surface area contributed by atoms with Crippen LogP contribution in [0.15, 0.2) is 41.5 Å². The molecule has 0 amide bonds. The van der Waals surface area contributed by atoms with Gasteiger partial charge in [0.2, 0.25) is 0 Å². The van der Waals surface area contributed by atoms with Crippen molar-refractivity contribution in [1.82, 2.24) is 15.6 Å². The summed E-state index contributed by atoms with van der Waals surface area (Å²) >= 11 is 0. The summed E-state index contributed by atoms with van der Waals surface area (Å²) in [5.74, 6) is 2.88. The van der Waals surface area contributed by atoms with Crippen LogP contribution in [0.4, 0.5) is 0 Å². The summed E-state index contributed by atoms with van der Waals surface area (Å²) in [6.07, 6.45) is 2.48. The fraction of sp³-hybridized carbons (Fsp3) is 0.368. The average molecular weight is 486 g/mol. The van der Waals surface area contributed by atoms with Crippen LogP contribution < -0.4 is 24.8 Å². The second-order valence-electron chi connectivity index (χ2n) is 5.43. The Morgan fingerprint density at radius 1 is 1.04 bits per heavy atom. The number of aromatic nitrogens is 1. The molecule has 2 aromatic rings. The molecule has 0 saturated carbocycles. The second-order valence-corrected chi connectivity index (χ2v) is 5.43. The molecule has 0 fully saturated rings. The third-order valence-electron chi connectivity index (χ3n) is 3.87. The molecule has 0 bridgehead atoms. The maximum Gasteiger partial charge on any atom is 0.191 e. The monoisotopic (exact) mass is 486 g/mol. The van der Waals surface area contributed by atoms with E-state index in [1.807, 2.05) is 30.3 Å². The number of hydrogen-bond acceptors (Lipinski definition) is 5. The fourth-order valence-corrected chi connectivity index (χ4v) is 2.53. The molecular weight excluding hydrogens is 459 g/mol. The number of nitrogens with zero attached hydrogens (tertiary/aromatic N) is 2. The summed E-state index contributed by atoms with van der Waals surface area (Å²) in [5.41, 5.74) is 1.93. The molecule has 148 valence electrons. The lowest BCUT2D eigenvalue weighted by atomic mass is 10.1. The lowest BCUT2D eigenvalue weighted by Crippen LogP contribution is -2.38. The summed E-state index contributed by atoms with van der Waals surface area (Å²) in [4.78, 5) is 8.52. The first kappa shape index (κ1) is 22.8. The number of ether oxygens (including phenoxy) is 3. The summed E-state index contributed by atoms with van der Waals surface area (Å²) < 4.78 is 16.2. The summed E-state index contributed by atoms with van der Waals surface area (Å²) in [6.45, 7) is 1.27. The van der Waals surface area contributed by atoms with Gasteiger partial charge in [-0.25, -0.2) is 0 Å². The van der Waals surface area contributed by atoms with Crippen molar-refractivity contribution in [3.8, 4) is 17.2 Å². The van der Waals surface area contributed by atoms with Gasteiger partial charge in [-0.05, 0) is 18.6 Å². The number of pyridine rings is 1. The predicted molar refractivity (Wildman–Crippen MR) is 118 cm³/mol. The predicted octanol–water partition coefficient (Wildman–Crippen LogP) is 2.63. The number of halogens is 1. The first-order valence-corrected chi connectivity index (χ1v) is 8.35. The highest BCUT2D eigenvalue weighted by Crippen LogP contribution is 2.34. The molecule has 8 heteroatoms. The van der Waals surface area contributed by atoms with Crippen LogP contribution in [0.3, 0.4) is 0 Å². The Bertz CT molecular complexity index is 701. The fourth-order valence-electron chi connectivity index (χ4n) is 2.53.